The molecule has 0 aliphatic carbocycles. The van der Waals surface area contributed by atoms with E-state index in [-0.39, 0.29) is 62.2 Å². The van der Waals surface area contributed by atoms with Gasteiger partial charge in [-0.15, -0.1) is 0 Å². The quantitative estimate of drug-likeness (QED) is 0.301. The molecule has 0 aliphatic rings. The Hall–Kier alpha value is -3.40. The van der Waals surface area contributed by atoms with Gasteiger partial charge in [0.25, 0.3) is 0 Å². The van der Waals surface area contributed by atoms with Crippen molar-refractivity contribution in [3.05, 3.63) is 95.1 Å². The molecule has 0 aliphatic heterocycles. The smallest absolute Gasteiger partial charge is 0.335 e. The summed E-state index contributed by atoms with van der Waals surface area (Å²) in [6.45, 7) is 0. The van der Waals surface area contributed by atoms with Crippen LogP contribution in [0.15, 0.2) is 72.8 Å². The van der Waals surface area contributed by atoms with Gasteiger partial charge in [0, 0.05) is 39.9 Å². The van der Waals surface area contributed by atoms with Crippen molar-refractivity contribution < 1.29 is 79.5 Å². The van der Waals surface area contributed by atoms with E-state index < -0.39 is 23.9 Å². The average molecular weight is 663 g/mol. The van der Waals surface area contributed by atoms with Crippen LogP contribution in [0.25, 0.3) is 21.5 Å². The molecule has 9 heteroatoms. The van der Waals surface area contributed by atoms with E-state index in [1.807, 2.05) is 0 Å². The molecule has 0 bridgehead atoms. The van der Waals surface area contributed by atoms with Crippen molar-refractivity contribution in [3.8, 4) is 0 Å². The normalized spacial score (nSPS) is 9.94. The zero-order valence-electron chi connectivity index (χ0n) is 16.8. The van der Waals surface area contributed by atoms with Gasteiger partial charge in [-0.3, -0.25) is 0 Å². The zero-order valence-corrected chi connectivity index (χ0v) is 20.9. The maximum absolute atomic E-state index is 10.7. The molecule has 0 saturated heterocycles. The predicted octanol–water partition coefficient (Wildman–Crippen LogP) is 3.14. The van der Waals surface area contributed by atoms with Gasteiger partial charge in [0.2, 0.25) is 0 Å². The van der Waals surface area contributed by atoms with Crippen molar-refractivity contribution >= 4 is 45.4 Å². The number of carboxylic acid groups (broad SMARTS) is 4. The van der Waals surface area contributed by atoms with Gasteiger partial charge in [0.05, 0.1) is 22.7 Å². The first-order chi connectivity index (χ1) is 15.2. The molecule has 0 unspecified atom stereocenters. The van der Waals surface area contributed by atoms with Gasteiger partial charge < -0.3 is 25.2 Å². The van der Waals surface area contributed by atoms with Crippen LogP contribution in [-0.4, -0.2) is 39.2 Å². The van der Waals surface area contributed by atoms with Gasteiger partial charge in [-0.05, 0) is 69.6 Å². The van der Waals surface area contributed by atoms with E-state index in [1.165, 1.54) is 48.5 Å². The van der Waals surface area contributed by atoms with Crippen LogP contribution in [0.3, 0.4) is 0 Å². The van der Waals surface area contributed by atoms with Crippen LogP contribution in [0.2, 0.25) is 0 Å². The van der Waals surface area contributed by atoms with Gasteiger partial charge in [0.1, 0.15) is 0 Å². The largest absolute Gasteiger partial charge is 0.545 e. The number of carbonyl (C=O) groups excluding carboxylic acids is 1. The first-order valence-corrected chi connectivity index (χ1v) is 9.14. The molecule has 3 N–H and O–H groups in total. The monoisotopic (exact) mass is 663 g/mol. The van der Waals surface area contributed by atoms with Gasteiger partial charge in [0.15, 0.2) is 0 Å². The van der Waals surface area contributed by atoms with E-state index in [0.717, 1.165) is 0 Å². The average Bonchev–Trinajstić information content (AvgIpc) is 2.77. The summed E-state index contributed by atoms with van der Waals surface area (Å²) < 4.78 is 0. The van der Waals surface area contributed by atoms with Gasteiger partial charge in [-0.2, -0.15) is 0 Å². The fourth-order valence-electron chi connectivity index (χ4n) is 3.02. The Kier molecular flexibility index (Phi) is 8.59. The zero-order chi connectivity index (χ0) is 23.4. The molecule has 0 atom stereocenters. The number of hydrogen-bond acceptors (Lipinski definition) is 5. The van der Waals surface area contributed by atoms with Crippen LogP contribution in [0.5, 0.6) is 0 Å². The van der Waals surface area contributed by atoms with E-state index in [1.54, 1.807) is 24.3 Å². The number of benzene rings is 4. The molecular weight excluding hydrogens is 648 g/mol. The molecule has 0 saturated carbocycles. The first-order valence-electron chi connectivity index (χ1n) is 9.14. The van der Waals surface area contributed by atoms with Crippen LogP contribution in [-0.2, 0) is 0 Å². The number of aromatic carboxylic acids is 4. The summed E-state index contributed by atoms with van der Waals surface area (Å²) in [6, 6.07) is 18.1. The van der Waals surface area contributed by atoms with E-state index in [9.17, 15) is 24.3 Å². The van der Waals surface area contributed by atoms with Crippen molar-refractivity contribution in [2.45, 2.75) is 0 Å². The molecular formula is C24H15O8Th-. The SMILES string of the molecule is O=C(O)c1ccc2cc(C(=O)O)ccc2c1.O=C([O-])c1ccc2cc(C(=O)O)ccc2c1.[Th]. The van der Waals surface area contributed by atoms with Gasteiger partial charge in [-0.1, -0.05) is 30.3 Å². The molecule has 8 nitrogen and oxygen atoms in total. The van der Waals surface area contributed by atoms with Crippen molar-refractivity contribution in [2.24, 2.45) is 0 Å². The van der Waals surface area contributed by atoms with Crippen LogP contribution >= 0.6 is 0 Å². The molecule has 4 aromatic rings. The Morgan fingerprint density at radius 2 is 0.727 bits per heavy atom. The second-order valence-electron chi connectivity index (χ2n) is 6.76. The molecule has 0 fully saturated rings. The van der Waals surface area contributed by atoms with Crippen LogP contribution in [0, 0.1) is 39.9 Å². The molecule has 33 heavy (non-hydrogen) atoms. The van der Waals surface area contributed by atoms with Gasteiger partial charge >= 0.3 is 17.9 Å². The molecule has 0 spiro atoms. The summed E-state index contributed by atoms with van der Waals surface area (Å²) in [4.78, 5) is 42.8. The number of carbonyl (C=O) groups is 4. The van der Waals surface area contributed by atoms with Crippen molar-refractivity contribution in [3.63, 3.8) is 0 Å². The van der Waals surface area contributed by atoms with Gasteiger partial charge in [-0.25, -0.2) is 14.4 Å². The number of carboxylic acids is 4. The van der Waals surface area contributed by atoms with E-state index >= 15 is 0 Å². The molecule has 164 valence electrons. The molecule has 0 heterocycles. The summed E-state index contributed by atoms with van der Waals surface area (Å²) in [5.74, 6) is -4.25. The molecule has 4 rings (SSSR count). The third-order valence-electron chi connectivity index (χ3n) is 4.66. The molecule has 4 aromatic carbocycles. The summed E-state index contributed by atoms with van der Waals surface area (Å²) in [7, 11) is 0. The number of fused-ring (bicyclic) bond motifs is 2. The summed E-state index contributed by atoms with van der Waals surface area (Å²) >= 11 is 0. The Balaban J connectivity index is 0.000000227. The Morgan fingerprint density at radius 3 is 0.970 bits per heavy atom. The second-order valence-corrected chi connectivity index (χ2v) is 6.76. The minimum Gasteiger partial charge on any atom is -0.545 e. The minimum absolute atomic E-state index is 0. The predicted molar refractivity (Wildman–Crippen MR) is 113 cm³/mol. The molecule has 0 aromatic heterocycles. The maximum Gasteiger partial charge on any atom is 0.335 e. The molecule has 0 amide bonds. The van der Waals surface area contributed by atoms with Crippen molar-refractivity contribution in [1.82, 2.24) is 0 Å². The first kappa shape index (κ1) is 25.9. The number of hydrogen-bond donors (Lipinski definition) is 3. The van der Waals surface area contributed by atoms with Crippen molar-refractivity contribution in [2.75, 3.05) is 0 Å². The summed E-state index contributed by atoms with van der Waals surface area (Å²) in [5.41, 5.74) is 0.635. The minimum atomic E-state index is -1.25. The standard InChI is InChI=1S/2C12H8O4.Th/c2*13-11(14)9-3-1-7-5-10(12(15)16)4-2-8(7)6-9;/h2*1-6H,(H,13,14)(H,15,16);/p-1. The van der Waals surface area contributed by atoms with Crippen molar-refractivity contribution in [1.29, 1.82) is 0 Å². The topological polar surface area (TPSA) is 152 Å². The summed E-state index contributed by atoms with van der Waals surface area (Å²) in [6.07, 6.45) is 0. The van der Waals surface area contributed by atoms with Crippen LogP contribution < -0.4 is 5.11 Å². The Bertz CT molecular complexity index is 1180. The van der Waals surface area contributed by atoms with E-state index in [0.29, 0.717) is 21.5 Å². The third kappa shape index (κ3) is 6.32. The fourth-order valence-corrected chi connectivity index (χ4v) is 3.02. The van der Waals surface area contributed by atoms with Crippen LogP contribution in [0.1, 0.15) is 41.4 Å². The number of rotatable bonds is 4. The Morgan fingerprint density at radius 1 is 0.485 bits per heavy atom. The fraction of sp³-hybridized carbons (Fsp3) is 0. The van der Waals surface area contributed by atoms with E-state index in [4.69, 9.17) is 15.3 Å². The third-order valence-corrected chi connectivity index (χ3v) is 4.66. The molecule has 0 radical (unpaired) electrons. The van der Waals surface area contributed by atoms with Crippen LogP contribution in [0.4, 0.5) is 0 Å². The Labute approximate surface area is 218 Å². The summed E-state index contributed by atoms with van der Waals surface area (Å²) in [5, 5.41) is 39.8. The maximum atomic E-state index is 10.7. The van der Waals surface area contributed by atoms with E-state index in [2.05, 4.69) is 0 Å². The second kappa shape index (κ2) is 11.0.